The molecule has 3 rings (SSSR count). The number of pyridine rings is 1. The van der Waals surface area contributed by atoms with Crippen LogP contribution in [-0.2, 0) is 0 Å². The molecule has 0 fully saturated rings. The van der Waals surface area contributed by atoms with Gasteiger partial charge in [0.15, 0.2) is 0 Å². The van der Waals surface area contributed by atoms with Gasteiger partial charge < -0.3 is 15.4 Å². The van der Waals surface area contributed by atoms with E-state index in [4.69, 9.17) is 16.3 Å². The second-order valence-corrected chi connectivity index (χ2v) is 4.64. The lowest BCUT2D eigenvalue weighted by atomic mass is 10.1. The summed E-state index contributed by atoms with van der Waals surface area (Å²) >= 11 is 6.08. The molecule has 1 aliphatic rings. The van der Waals surface area contributed by atoms with Gasteiger partial charge in [0, 0.05) is 24.7 Å². The molecular formula is C13H12ClN3O2. The number of carbonyl (C=O) groups is 1. The van der Waals surface area contributed by atoms with Gasteiger partial charge >= 0.3 is 0 Å². The third-order valence-corrected chi connectivity index (χ3v) is 3.39. The number of benzene rings is 1. The number of halogens is 1. The second-order valence-electron chi connectivity index (χ2n) is 4.23. The topological polar surface area (TPSA) is 63.2 Å². The molecule has 1 amide bonds. The molecule has 2 aromatic rings. The van der Waals surface area contributed by atoms with Crippen LogP contribution >= 0.6 is 11.6 Å². The predicted octanol–water partition coefficient (Wildman–Crippen LogP) is 2.05. The van der Waals surface area contributed by atoms with E-state index in [0.717, 1.165) is 16.6 Å². The highest BCUT2D eigenvalue weighted by Gasteiger charge is 2.19. The van der Waals surface area contributed by atoms with Gasteiger partial charge in [-0.3, -0.25) is 9.78 Å². The van der Waals surface area contributed by atoms with Crippen LogP contribution in [0.1, 0.15) is 10.4 Å². The van der Waals surface area contributed by atoms with Gasteiger partial charge in [-0.2, -0.15) is 0 Å². The molecule has 0 bridgehead atoms. The molecule has 2 N–H and O–H groups in total. The molecule has 98 valence electrons. The lowest BCUT2D eigenvalue weighted by Crippen LogP contribution is -2.24. The van der Waals surface area contributed by atoms with Crippen molar-refractivity contribution in [1.29, 1.82) is 0 Å². The van der Waals surface area contributed by atoms with Crippen LogP contribution in [0.25, 0.3) is 10.9 Å². The van der Waals surface area contributed by atoms with Crippen molar-refractivity contribution in [1.82, 2.24) is 10.3 Å². The zero-order chi connectivity index (χ0) is 13.4. The molecule has 0 aliphatic carbocycles. The van der Waals surface area contributed by atoms with E-state index in [1.54, 1.807) is 25.4 Å². The molecule has 0 atom stereocenters. The molecule has 6 heteroatoms. The van der Waals surface area contributed by atoms with E-state index in [-0.39, 0.29) is 5.91 Å². The summed E-state index contributed by atoms with van der Waals surface area (Å²) in [5, 5.41) is 7.38. The fraction of sp³-hybridized carbons (Fsp3) is 0.231. The number of methoxy groups -OCH3 is 1. The van der Waals surface area contributed by atoms with Gasteiger partial charge in [-0.25, -0.2) is 0 Å². The molecule has 1 aromatic carbocycles. The Morgan fingerprint density at radius 2 is 2.11 bits per heavy atom. The standard InChI is InChI=1S/C13H12ClN3O2/c1-19-11-4-7-10(5-9(11)14)17-6-8-12(7)15-2-3-16-13(8)18/h4-6,15H,2-3H2,1H3,(H,16,18). The summed E-state index contributed by atoms with van der Waals surface area (Å²) in [5.74, 6) is 0.444. The number of hydrogen-bond acceptors (Lipinski definition) is 4. The summed E-state index contributed by atoms with van der Waals surface area (Å²) in [6, 6.07) is 3.54. The Bertz CT molecular complexity index is 672. The summed E-state index contributed by atoms with van der Waals surface area (Å²) in [6.45, 7) is 1.25. The molecule has 5 nitrogen and oxygen atoms in total. The van der Waals surface area contributed by atoms with Gasteiger partial charge in [-0.15, -0.1) is 0 Å². The van der Waals surface area contributed by atoms with E-state index >= 15 is 0 Å². The molecule has 0 radical (unpaired) electrons. The van der Waals surface area contributed by atoms with Crippen molar-refractivity contribution in [3.63, 3.8) is 0 Å². The minimum atomic E-state index is -0.122. The second kappa shape index (κ2) is 4.59. The highest BCUT2D eigenvalue weighted by atomic mass is 35.5. The largest absolute Gasteiger partial charge is 0.495 e. The first-order valence-electron chi connectivity index (χ1n) is 5.89. The first-order chi connectivity index (χ1) is 9.20. The Morgan fingerprint density at radius 3 is 2.89 bits per heavy atom. The van der Waals surface area contributed by atoms with Gasteiger partial charge in [-0.05, 0) is 12.1 Å². The number of fused-ring (bicyclic) bond motifs is 3. The predicted molar refractivity (Wildman–Crippen MR) is 74.1 cm³/mol. The minimum absolute atomic E-state index is 0.122. The van der Waals surface area contributed by atoms with E-state index in [1.807, 2.05) is 0 Å². The van der Waals surface area contributed by atoms with Crippen molar-refractivity contribution in [2.75, 3.05) is 25.5 Å². The van der Waals surface area contributed by atoms with E-state index in [1.165, 1.54) is 0 Å². The zero-order valence-electron chi connectivity index (χ0n) is 10.3. The van der Waals surface area contributed by atoms with Crippen LogP contribution < -0.4 is 15.4 Å². The minimum Gasteiger partial charge on any atom is -0.495 e. The lowest BCUT2D eigenvalue weighted by Gasteiger charge is -2.11. The van der Waals surface area contributed by atoms with Crippen molar-refractivity contribution in [2.24, 2.45) is 0 Å². The summed E-state index contributed by atoms with van der Waals surface area (Å²) in [4.78, 5) is 16.2. The summed E-state index contributed by atoms with van der Waals surface area (Å²) in [5.41, 5.74) is 2.04. The summed E-state index contributed by atoms with van der Waals surface area (Å²) in [7, 11) is 1.56. The van der Waals surface area contributed by atoms with Crippen LogP contribution in [0, 0.1) is 0 Å². The quantitative estimate of drug-likeness (QED) is 0.837. The van der Waals surface area contributed by atoms with Crippen molar-refractivity contribution in [2.45, 2.75) is 0 Å². The average molecular weight is 278 g/mol. The highest BCUT2D eigenvalue weighted by molar-refractivity contribution is 6.33. The molecule has 0 saturated heterocycles. The molecule has 0 saturated carbocycles. The molecule has 1 aromatic heterocycles. The van der Waals surface area contributed by atoms with Crippen LogP contribution in [-0.4, -0.2) is 31.1 Å². The number of nitrogens with zero attached hydrogens (tertiary/aromatic N) is 1. The van der Waals surface area contributed by atoms with Gasteiger partial charge in [0.25, 0.3) is 5.91 Å². The Labute approximate surface area is 114 Å². The molecular weight excluding hydrogens is 266 g/mol. The summed E-state index contributed by atoms with van der Waals surface area (Å²) < 4.78 is 5.21. The number of carbonyl (C=O) groups excluding carboxylic acids is 1. The van der Waals surface area contributed by atoms with Gasteiger partial charge in [0.05, 0.1) is 28.9 Å². The normalized spacial score (nSPS) is 14.3. The molecule has 0 spiro atoms. The first-order valence-corrected chi connectivity index (χ1v) is 6.27. The molecule has 19 heavy (non-hydrogen) atoms. The molecule has 0 unspecified atom stereocenters. The Morgan fingerprint density at radius 1 is 1.32 bits per heavy atom. The number of rotatable bonds is 1. The van der Waals surface area contributed by atoms with Crippen LogP contribution in [0.3, 0.4) is 0 Å². The third-order valence-electron chi connectivity index (χ3n) is 3.10. The fourth-order valence-electron chi connectivity index (χ4n) is 2.17. The Balaban J connectivity index is 2.31. The van der Waals surface area contributed by atoms with Crippen LogP contribution in [0.5, 0.6) is 5.75 Å². The van der Waals surface area contributed by atoms with Crippen molar-refractivity contribution in [3.8, 4) is 5.75 Å². The van der Waals surface area contributed by atoms with Crippen LogP contribution in [0.2, 0.25) is 5.02 Å². The van der Waals surface area contributed by atoms with Gasteiger partial charge in [0.1, 0.15) is 5.75 Å². The number of hydrogen-bond donors (Lipinski definition) is 2. The molecule has 2 heterocycles. The van der Waals surface area contributed by atoms with E-state index in [2.05, 4.69) is 15.6 Å². The van der Waals surface area contributed by atoms with Crippen molar-refractivity contribution < 1.29 is 9.53 Å². The number of nitrogens with one attached hydrogen (secondary N) is 2. The van der Waals surface area contributed by atoms with Crippen molar-refractivity contribution >= 4 is 34.1 Å². The monoisotopic (exact) mass is 277 g/mol. The van der Waals surface area contributed by atoms with Gasteiger partial charge in [-0.1, -0.05) is 11.6 Å². The third kappa shape index (κ3) is 1.96. The van der Waals surface area contributed by atoms with E-state index < -0.39 is 0 Å². The number of amides is 1. The number of anilines is 1. The zero-order valence-corrected chi connectivity index (χ0v) is 11.0. The maximum atomic E-state index is 11.9. The lowest BCUT2D eigenvalue weighted by molar-refractivity contribution is 0.0958. The van der Waals surface area contributed by atoms with E-state index in [9.17, 15) is 4.79 Å². The Kier molecular flexibility index (Phi) is 2.91. The smallest absolute Gasteiger partial charge is 0.255 e. The van der Waals surface area contributed by atoms with Gasteiger partial charge in [0.2, 0.25) is 0 Å². The number of ether oxygens (including phenoxy) is 1. The highest BCUT2D eigenvalue weighted by Crippen LogP contribution is 2.34. The fourth-order valence-corrected chi connectivity index (χ4v) is 2.41. The maximum absolute atomic E-state index is 11.9. The maximum Gasteiger partial charge on any atom is 0.255 e. The Hall–Kier alpha value is -2.01. The molecule has 1 aliphatic heterocycles. The average Bonchev–Trinajstić information content (AvgIpc) is 2.60. The first kappa shape index (κ1) is 12.0. The van der Waals surface area contributed by atoms with Crippen molar-refractivity contribution in [3.05, 3.63) is 28.9 Å². The number of aromatic nitrogens is 1. The van der Waals surface area contributed by atoms with E-state index in [0.29, 0.717) is 29.4 Å². The van der Waals surface area contributed by atoms with Crippen LogP contribution in [0.15, 0.2) is 18.3 Å². The summed E-state index contributed by atoms with van der Waals surface area (Å²) in [6.07, 6.45) is 1.56. The van der Waals surface area contributed by atoms with Crippen LogP contribution in [0.4, 0.5) is 5.69 Å². The SMILES string of the molecule is COc1cc2c3c(cnc2cc1Cl)C(=O)NCCN3.